The van der Waals surface area contributed by atoms with Gasteiger partial charge in [-0.2, -0.15) is 5.10 Å². The van der Waals surface area contributed by atoms with Crippen LogP contribution in [0.5, 0.6) is 0 Å². The molecule has 0 radical (unpaired) electrons. The Morgan fingerprint density at radius 1 is 0.957 bits per heavy atom. The van der Waals surface area contributed by atoms with Crippen LogP contribution >= 0.6 is 23.2 Å². The highest BCUT2D eigenvalue weighted by Crippen LogP contribution is 2.27. The van der Waals surface area contributed by atoms with Crippen LogP contribution in [0.25, 0.3) is 28.0 Å². The van der Waals surface area contributed by atoms with Crippen molar-refractivity contribution in [2.45, 2.75) is 0 Å². The van der Waals surface area contributed by atoms with Crippen LogP contribution < -0.4 is 0 Å². The molecule has 114 valence electrons. The van der Waals surface area contributed by atoms with Crippen LogP contribution in [0.3, 0.4) is 0 Å². The Bertz CT molecular complexity index is 998. The maximum Gasteiger partial charge on any atom is 0.137 e. The molecule has 0 bridgehead atoms. The van der Waals surface area contributed by atoms with Crippen LogP contribution in [-0.2, 0) is 7.05 Å². The quantitative estimate of drug-likeness (QED) is 0.514. The van der Waals surface area contributed by atoms with Gasteiger partial charge in [-0.25, -0.2) is 9.97 Å². The van der Waals surface area contributed by atoms with Crippen LogP contribution in [0.2, 0.25) is 10.3 Å². The molecule has 0 fully saturated rings. The van der Waals surface area contributed by atoms with Crippen LogP contribution in [-0.4, -0.2) is 24.1 Å². The van der Waals surface area contributed by atoms with Gasteiger partial charge < -0.3 is 0 Å². The van der Waals surface area contributed by atoms with Crippen LogP contribution in [0, 0.1) is 0 Å². The number of rotatable bonds is 2. The van der Waals surface area contributed by atoms with Crippen molar-refractivity contribution in [3.63, 3.8) is 0 Å². The minimum absolute atomic E-state index is 0.356. The topological polar surface area (TPSA) is 48.0 Å². The van der Waals surface area contributed by atoms with Crippen molar-refractivity contribution < 1.29 is 0 Å². The van der Waals surface area contributed by atoms with Gasteiger partial charge in [-0.3, -0.25) is 9.08 Å². The van der Waals surface area contributed by atoms with Gasteiger partial charge in [-0.05, 0) is 29.8 Å². The fourth-order valence-corrected chi connectivity index (χ4v) is 3.02. The van der Waals surface area contributed by atoms with E-state index in [2.05, 4.69) is 15.1 Å². The monoisotopic (exact) mass is 343 g/mol. The minimum atomic E-state index is 0.356. The van der Waals surface area contributed by atoms with Crippen molar-refractivity contribution in [3.05, 3.63) is 59.4 Å². The van der Waals surface area contributed by atoms with Gasteiger partial charge in [0.1, 0.15) is 16.0 Å². The fourth-order valence-electron chi connectivity index (χ4n) is 2.56. The van der Waals surface area contributed by atoms with Gasteiger partial charge in [0, 0.05) is 30.6 Å². The van der Waals surface area contributed by atoms with Crippen molar-refractivity contribution in [2.24, 2.45) is 7.05 Å². The molecule has 0 atom stereocenters. The van der Waals surface area contributed by atoms with E-state index in [4.69, 9.17) is 23.2 Å². The van der Waals surface area contributed by atoms with E-state index >= 15 is 0 Å². The summed E-state index contributed by atoms with van der Waals surface area (Å²) in [7, 11) is 1.90. The number of aromatic nitrogens is 5. The average molecular weight is 344 g/mol. The van der Waals surface area contributed by atoms with Gasteiger partial charge in [-0.15, -0.1) is 0 Å². The first-order valence-corrected chi connectivity index (χ1v) is 7.65. The molecule has 23 heavy (non-hydrogen) atoms. The standard InChI is InChI=1S/C16H11Cl2N5/c1-22-9-12(7-20-22)10-2-3-23-13(8-19-16(23)6-10)11-4-14(17)21-15(18)5-11/h2-9H,1H3. The third-order valence-electron chi connectivity index (χ3n) is 3.61. The molecule has 5 nitrogen and oxygen atoms in total. The maximum atomic E-state index is 5.99. The Labute approximate surface area is 142 Å². The predicted octanol–water partition coefficient (Wildman–Crippen LogP) is 4.10. The largest absolute Gasteiger partial charge is 0.300 e. The summed E-state index contributed by atoms with van der Waals surface area (Å²) in [4.78, 5) is 8.45. The van der Waals surface area contributed by atoms with Crippen LogP contribution in [0.1, 0.15) is 0 Å². The molecule has 0 saturated heterocycles. The molecular weight excluding hydrogens is 333 g/mol. The SMILES string of the molecule is Cn1cc(-c2ccn3c(-c4cc(Cl)nc(Cl)c4)cnc3c2)cn1. The molecule has 0 aliphatic rings. The smallest absolute Gasteiger partial charge is 0.137 e. The van der Waals surface area contributed by atoms with Crippen molar-refractivity contribution in [1.82, 2.24) is 24.1 Å². The van der Waals surface area contributed by atoms with Crippen molar-refractivity contribution >= 4 is 28.8 Å². The lowest BCUT2D eigenvalue weighted by Gasteiger charge is -2.04. The third-order valence-corrected chi connectivity index (χ3v) is 4.00. The lowest BCUT2D eigenvalue weighted by molar-refractivity contribution is 0.768. The Balaban J connectivity index is 1.84. The van der Waals surface area contributed by atoms with Gasteiger partial charge in [0.15, 0.2) is 0 Å². The average Bonchev–Trinajstić information content (AvgIpc) is 3.11. The van der Waals surface area contributed by atoms with E-state index in [1.165, 1.54) is 0 Å². The summed E-state index contributed by atoms with van der Waals surface area (Å²) < 4.78 is 3.76. The number of fused-ring (bicyclic) bond motifs is 1. The summed E-state index contributed by atoms with van der Waals surface area (Å²) in [6.07, 6.45) is 7.57. The van der Waals surface area contributed by atoms with Gasteiger partial charge in [0.25, 0.3) is 0 Å². The second kappa shape index (κ2) is 5.37. The molecule has 0 aliphatic heterocycles. The molecule has 0 amide bonds. The fraction of sp³-hybridized carbons (Fsp3) is 0.0625. The lowest BCUT2D eigenvalue weighted by Crippen LogP contribution is -1.90. The molecule has 4 rings (SSSR count). The van der Waals surface area contributed by atoms with E-state index in [0.29, 0.717) is 10.3 Å². The normalized spacial score (nSPS) is 11.3. The van der Waals surface area contributed by atoms with E-state index in [9.17, 15) is 0 Å². The van der Waals surface area contributed by atoms with Crippen molar-refractivity contribution in [1.29, 1.82) is 0 Å². The second-order valence-electron chi connectivity index (χ2n) is 5.19. The maximum absolute atomic E-state index is 5.99. The van der Waals surface area contributed by atoms with Crippen LogP contribution in [0.15, 0.2) is 49.1 Å². The van der Waals surface area contributed by atoms with E-state index in [-0.39, 0.29) is 0 Å². The number of imidazole rings is 1. The number of aryl methyl sites for hydroxylation is 1. The lowest BCUT2D eigenvalue weighted by atomic mass is 10.1. The number of nitrogens with zero attached hydrogens (tertiary/aromatic N) is 5. The van der Waals surface area contributed by atoms with Gasteiger partial charge >= 0.3 is 0 Å². The van der Waals surface area contributed by atoms with Crippen molar-refractivity contribution in [2.75, 3.05) is 0 Å². The van der Waals surface area contributed by atoms with E-state index in [1.54, 1.807) is 23.0 Å². The molecule has 0 aliphatic carbocycles. The van der Waals surface area contributed by atoms with Gasteiger partial charge in [0.2, 0.25) is 0 Å². The third kappa shape index (κ3) is 2.58. The molecule has 4 aromatic heterocycles. The van der Waals surface area contributed by atoms with E-state index in [1.807, 2.05) is 42.2 Å². The molecule has 0 saturated carbocycles. The molecule has 4 aromatic rings. The molecular formula is C16H11Cl2N5. The van der Waals surface area contributed by atoms with Crippen LogP contribution in [0.4, 0.5) is 0 Å². The summed E-state index contributed by atoms with van der Waals surface area (Å²) in [6, 6.07) is 7.59. The second-order valence-corrected chi connectivity index (χ2v) is 5.97. The number of halogens is 2. The number of hydrogen-bond donors (Lipinski definition) is 0. The summed E-state index contributed by atoms with van der Waals surface area (Å²) in [5.74, 6) is 0. The minimum Gasteiger partial charge on any atom is -0.300 e. The number of pyridine rings is 2. The zero-order valence-corrected chi connectivity index (χ0v) is 13.6. The zero-order chi connectivity index (χ0) is 16.0. The summed E-state index contributed by atoms with van der Waals surface area (Å²) in [6.45, 7) is 0. The molecule has 0 aromatic carbocycles. The highest BCUT2D eigenvalue weighted by molar-refractivity contribution is 6.32. The molecule has 0 unspecified atom stereocenters. The van der Waals surface area contributed by atoms with Crippen molar-refractivity contribution in [3.8, 4) is 22.4 Å². The Kier molecular flexibility index (Phi) is 3.32. The Hall–Kier alpha value is -2.37. The first-order valence-electron chi connectivity index (χ1n) is 6.90. The molecule has 4 heterocycles. The number of hydrogen-bond acceptors (Lipinski definition) is 3. The zero-order valence-electron chi connectivity index (χ0n) is 12.1. The summed E-state index contributed by atoms with van der Waals surface area (Å²) >= 11 is 12.0. The van der Waals surface area contributed by atoms with Gasteiger partial charge in [-0.1, -0.05) is 23.2 Å². The highest BCUT2D eigenvalue weighted by Gasteiger charge is 2.10. The van der Waals surface area contributed by atoms with E-state index < -0.39 is 0 Å². The molecule has 0 spiro atoms. The summed E-state index contributed by atoms with van der Waals surface area (Å²) in [5, 5.41) is 4.91. The predicted molar refractivity (Wildman–Crippen MR) is 90.6 cm³/mol. The molecule has 0 N–H and O–H groups in total. The Morgan fingerprint density at radius 3 is 2.43 bits per heavy atom. The molecule has 7 heteroatoms. The Morgan fingerprint density at radius 2 is 1.74 bits per heavy atom. The summed E-state index contributed by atoms with van der Waals surface area (Å²) in [5.41, 5.74) is 4.73. The first kappa shape index (κ1) is 14.2. The first-order chi connectivity index (χ1) is 11.1. The highest BCUT2D eigenvalue weighted by atomic mass is 35.5. The van der Waals surface area contributed by atoms with Gasteiger partial charge in [0.05, 0.1) is 18.1 Å². The van der Waals surface area contributed by atoms with E-state index in [0.717, 1.165) is 28.0 Å².